The van der Waals surface area contributed by atoms with E-state index in [1.165, 1.54) is 18.2 Å². The molecule has 0 aromatic heterocycles. The van der Waals surface area contributed by atoms with Crippen molar-refractivity contribution < 1.29 is 19.0 Å². The highest BCUT2D eigenvalue weighted by molar-refractivity contribution is 6.30. The third-order valence-corrected chi connectivity index (χ3v) is 2.31. The largest absolute Gasteiger partial charge is 0.478 e. The zero-order chi connectivity index (χ0) is 12.3. The summed E-state index contributed by atoms with van der Waals surface area (Å²) in [7, 11) is 0. The molecule has 88 valence electrons. The van der Waals surface area contributed by atoms with Gasteiger partial charge in [-0.1, -0.05) is 31.5 Å². The number of aliphatic carboxylic acids is 1. The van der Waals surface area contributed by atoms with Gasteiger partial charge in [0.2, 0.25) is 0 Å². The monoisotopic (exact) mass is 246 g/mol. The summed E-state index contributed by atoms with van der Waals surface area (Å²) >= 11 is 5.55. The van der Waals surface area contributed by atoms with E-state index < -0.39 is 17.9 Å². The molecule has 0 amide bonds. The second kappa shape index (κ2) is 5.16. The molecule has 1 aromatic carbocycles. The zero-order valence-electron chi connectivity index (χ0n) is 8.91. The van der Waals surface area contributed by atoms with Crippen molar-refractivity contribution in [2.75, 3.05) is 0 Å². The van der Waals surface area contributed by atoms with E-state index in [0.717, 1.165) is 0 Å². The lowest BCUT2D eigenvalue weighted by Gasteiger charge is -2.18. The van der Waals surface area contributed by atoms with Gasteiger partial charge in [0.15, 0.2) is 17.7 Å². The molecular weight excluding hydrogens is 235 g/mol. The molecule has 0 bridgehead atoms. The first-order valence-electron chi connectivity index (χ1n) is 4.77. The number of halogens is 2. The Hall–Kier alpha value is -1.29. The molecule has 0 aliphatic heterocycles. The van der Waals surface area contributed by atoms with Crippen LogP contribution in [0, 0.1) is 11.7 Å². The van der Waals surface area contributed by atoms with E-state index in [1.807, 2.05) is 0 Å². The maximum Gasteiger partial charge on any atom is 0.345 e. The summed E-state index contributed by atoms with van der Waals surface area (Å²) in [6, 6.07) is 4.22. The van der Waals surface area contributed by atoms with Gasteiger partial charge in [-0.3, -0.25) is 0 Å². The van der Waals surface area contributed by atoms with Gasteiger partial charge in [-0.25, -0.2) is 9.18 Å². The first-order chi connectivity index (χ1) is 7.43. The summed E-state index contributed by atoms with van der Waals surface area (Å²) in [6.45, 7) is 3.36. The molecule has 1 aromatic rings. The second-order valence-electron chi connectivity index (χ2n) is 3.67. The van der Waals surface area contributed by atoms with E-state index in [1.54, 1.807) is 13.8 Å². The van der Waals surface area contributed by atoms with Crippen LogP contribution in [-0.2, 0) is 4.79 Å². The van der Waals surface area contributed by atoms with Crippen LogP contribution < -0.4 is 4.74 Å². The van der Waals surface area contributed by atoms with Crippen LogP contribution in [0.15, 0.2) is 18.2 Å². The van der Waals surface area contributed by atoms with Crippen LogP contribution in [0.3, 0.4) is 0 Å². The van der Waals surface area contributed by atoms with Crippen LogP contribution in [0.5, 0.6) is 5.75 Å². The minimum absolute atomic E-state index is 0.0922. The lowest BCUT2D eigenvalue weighted by Crippen LogP contribution is -2.32. The first-order valence-corrected chi connectivity index (χ1v) is 5.14. The molecule has 5 heteroatoms. The van der Waals surface area contributed by atoms with Crippen molar-refractivity contribution in [1.82, 2.24) is 0 Å². The van der Waals surface area contributed by atoms with E-state index in [4.69, 9.17) is 21.4 Å². The lowest BCUT2D eigenvalue weighted by molar-refractivity contribution is -0.147. The number of ether oxygens (including phenoxy) is 1. The van der Waals surface area contributed by atoms with Crippen molar-refractivity contribution in [3.63, 3.8) is 0 Å². The third-order valence-electron chi connectivity index (χ3n) is 2.02. The Morgan fingerprint density at radius 1 is 1.50 bits per heavy atom. The van der Waals surface area contributed by atoms with Gasteiger partial charge < -0.3 is 9.84 Å². The van der Waals surface area contributed by atoms with Crippen molar-refractivity contribution in [2.24, 2.45) is 5.92 Å². The van der Waals surface area contributed by atoms with Crippen LogP contribution in [0.1, 0.15) is 13.8 Å². The molecule has 0 radical (unpaired) electrons. The summed E-state index contributed by atoms with van der Waals surface area (Å²) in [5, 5.41) is 8.79. The van der Waals surface area contributed by atoms with Gasteiger partial charge in [0.05, 0.1) is 5.02 Å². The Balaban J connectivity index is 2.94. The highest BCUT2D eigenvalue weighted by atomic mass is 35.5. The van der Waals surface area contributed by atoms with Crippen LogP contribution >= 0.6 is 11.6 Å². The Bertz CT molecular complexity index is 393. The lowest BCUT2D eigenvalue weighted by atomic mass is 10.1. The highest BCUT2D eigenvalue weighted by Crippen LogP contribution is 2.26. The quantitative estimate of drug-likeness (QED) is 0.888. The zero-order valence-corrected chi connectivity index (χ0v) is 9.66. The van der Waals surface area contributed by atoms with Crippen molar-refractivity contribution in [1.29, 1.82) is 0 Å². The number of hydrogen-bond donors (Lipinski definition) is 1. The van der Waals surface area contributed by atoms with Gasteiger partial charge in [-0.05, 0) is 12.1 Å². The van der Waals surface area contributed by atoms with Crippen LogP contribution in [-0.4, -0.2) is 17.2 Å². The number of carbonyl (C=O) groups is 1. The Labute approximate surface area is 97.8 Å². The number of carboxylic acid groups (broad SMARTS) is 1. The molecule has 1 atom stereocenters. The molecule has 0 aliphatic carbocycles. The van der Waals surface area contributed by atoms with Gasteiger partial charge in [-0.2, -0.15) is 0 Å². The fourth-order valence-electron chi connectivity index (χ4n) is 1.18. The number of hydrogen-bond acceptors (Lipinski definition) is 2. The van der Waals surface area contributed by atoms with Crippen molar-refractivity contribution in [3.05, 3.63) is 29.0 Å². The van der Waals surface area contributed by atoms with Gasteiger partial charge in [0, 0.05) is 5.92 Å². The molecule has 1 unspecified atom stereocenters. The third kappa shape index (κ3) is 2.85. The number of rotatable bonds is 4. The van der Waals surface area contributed by atoms with Gasteiger partial charge >= 0.3 is 5.97 Å². The molecule has 16 heavy (non-hydrogen) atoms. The van der Waals surface area contributed by atoms with Crippen molar-refractivity contribution in [3.8, 4) is 5.75 Å². The predicted octanol–water partition coefficient (Wildman–Crippen LogP) is 2.97. The summed E-state index contributed by atoms with van der Waals surface area (Å²) in [5.41, 5.74) is 0. The molecule has 1 rings (SSSR count). The molecule has 0 saturated carbocycles. The normalized spacial score (nSPS) is 12.6. The minimum atomic E-state index is -1.13. The summed E-state index contributed by atoms with van der Waals surface area (Å²) in [6.07, 6.45) is -1.09. The Morgan fingerprint density at radius 2 is 2.12 bits per heavy atom. The predicted molar refractivity (Wildman–Crippen MR) is 58.3 cm³/mol. The Kier molecular flexibility index (Phi) is 4.12. The summed E-state index contributed by atoms with van der Waals surface area (Å²) < 4.78 is 18.5. The molecule has 0 aliphatic rings. The van der Waals surface area contributed by atoms with Crippen molar-refractivity contribution >= 4 is 17.6 Å². The summed E-state index contributed by atoms with van der Waals surface area (Å²) in [4.78, 5) is 10.9. The van der Waals surface area contributed by atoms with Gasteiger partial charge in [-0.15, -0.1) is 0 Å². The van der Waals surface area contributed by atoms with Gasteiger partial charge in [0.25, 0.3) is 0 Å². The molecule has 0 fully saturated rings. The summed E-state index contributed by atoms with van der Waals surface area (Å²) in [5.74, 6) is -2.28. The molecule has 3 nitrogen and oxygen atoms in total. The van der Waals surface area contributed by atoms with E-state index in [2.05, 4.69) is 0 Å². The highest BCUT2D eigenvalue weighted by Gasteiger charge is 2.24. The van der Waals surface area contributed by atoms with E-state index >= 15 is 0 Å². The average molecular weight is 247 g/mol. The Morgan fingerprint density at radius 3 is 2.62 bits per heavy atom. The van der Waals surface area contributed by atoms with Crippen LogP contribution in [0.4, 0.5) is 4.39 Å². The standard InChI is InChI=1S/C11H12ClFO3/c1-6(2)10(11(14)15)16-8-5-3-4-7(12)9(8)13/h3-6,10H,1-2H3,(H,14,15). The van der Waals surface area contributed by atoms with Crippen LogP contribution in [0.25, 0.3) is 0 Å². The van der Waals surface area contributed by atoms with Crippen molar-refractivity contribution in [2.45, 2.75) is 20.0 Å². The molecular formula is C11H12ClFO3. The minimum Gasteiger partial charge on any atom is -0.478 e. The first kappa shape index (κ1) is 12.8. The molecule has 1 N–H and O–H groups in total. The number of benzene rings is 1. The smallest absolute Gasteiger partial charge is 0.345 e. The fraction of sp³-hybridized carbons (Fsp3) is 0.364. The van der Waals surface area contributed by atoms with E-state index in [-0.39, 0.29) is 16.7 Å². The molecule has 0 spiro atoms. The fourth-order valence-corrected chi connectivity index (χ4v) is 1.35. The maximum absolute atomic E-state index is 13.4. The average Bonchev–Trinajstić information content (AvgIpc) is 2.19. The van der Waals surface area contributed by atoms with E-state index in [9.17, 15) is 9.18 Å². The van der Waals surface area contributed by atoms with Crippen LogP contribution in [0.2, 0.25) is 5.02 Å². The molecule has 0 heterocycles. The van der Waals surface area contributed by atoms with Gasteiger partial charge in [0.1, 0.15) is 0 Å². The SMILES string of the molecule is CC(C)C(Oc1cccc(Cl)c1F)C(=O)O. The molecule has 0 saturated heterocycles. The second-order valence-corrected chi connectivity index (χ2v) is 4.08. The topological polar surface area (TPSA) is 46.5 Å². The maximum atomic E-state index is 13.4. The van der Waals surface area contributed by atoms with E-state index in [0.29, 0.717) is 0 Å². The number of carboxylic acids is 1.